The van der Waals surface area contributed by atoms with Crippen LogP contribution in [0.3, 0.4) is 0 Å². The summed E-state index contributed by atoms with van der Waals surface area (Å²) in [6, 6.07) is 6.79. The van der Waals surface area contributed by atoms with E-state index in [9.17, 15) is 22.4 Å². The quantitative estimate of drug-likeness (QED) is 0.565. The van der Waals surface area contributed by atoms with Gasteiger partial charge >= 0.3 is 6.18 Å². The minimum Gasteiger partial charge on any atom is -0.298 e. The number of halogens is 5. The van der Waals surface area contributed by atoms with Crippen molar-refractivity contribution in [1.82, 2.24) is 0 Å². The predicted molar refractivity (Wildman–Crippen MR) is 67.2 cm³/mol. The maximum absolute atomic E-state index is 13.5. The van der Waals surface area contributed by atoms with E-state index < -0.39 is 17.6 Å². The van der Waals surface area contributed by atoms with Crippen LogP contribution in [0.4, 0.5) is 17.6 Å². The summed E-state index contributed by atoms with van der Waals surface area (Å²) in [5, 5.41) is 0.309. The van der Waals surface area contributed by atoms with Gasteiger partial charge in [0, 0.05) is 10.6 Å². The van der Waals surface area contributed by atoms with Crippen LogP contribution < -0.4 is 0 Å². The Morgan fingerprint density at radius 1 is 1.05 bits per heavy atom. The van der Waals surface area contributed by atoms with Crippen molar-refractivity contribution in [3.05, 3.63) is 58.4 Å². The Hall–Kier alpha value is -1.88. The summed E-state index contributed by atoms with van der Waals surface area (Å²) < 4.78 is 50.9. The zero-order valence-electron chi connectivity index (χ0n) is 9.84. The average molecular weight is 303 g/mol. The smallest absolute Gasteiger partial charge is 0.298 e. The molecule has 0 saturated heterocycles. The Bertz CT molecular complexity index is 665. The molecule has 0 N–H and O–H groups in total. The Labute approximate surface area is 116 Å². The van der Waals surface area contributed by atoms with Crippen LogP contribution in [0.15, 0.2) is 36.4 Å². The second-order valence-electron chi connectivity index (χ2n) is 4.04. The summed E-state index contributed by atoms with van der Waals surface area (Å²) in [4.78, 5) is 10.9. The van der Waals surface area contributed by atoms with Gasteiger partial charge in [-0.15, -0.1) is 0 Å². The zero-order valence-corrected chi connectivity index (χ0v) is 10.6. The van der Waals surface area contributed by atoms with Crippen molar-refractivity contribution in [2.75, 3.05) is 0 Å². The van der Waals surface area contributed by atoms with E-state index in [1.807, 2.05) is 0 Å². The monoisotopic (exact) mass is 302 g/mol. The topological polar surface area (TPSA) is 17.1 Å². The normalized spacial score (nSPS) is 11.4. The number of benzene rings is 2. The molecule has 0 aliphatic rings. The molecule has 104 valence electrons. The molecule has 0 radical (unpaired) electrons. The van der Waals surface area contributed by atoms with Gasteiger partial charge in [0.15, 0.2) is 6.29 Å². The van der Waals surface area contributed by atoms with Crippen molar-refractivity contribution in [2.24, 2.45) is 0 Å². The van der Waals surface area contributed by atoms with Crippen LogP contribution in [0.25, 0.3) is 11.1 Å². The highest BCUT2D eigenvalue weighted by molar-refractivity contribution is 6.31. The maximum Gasteiger partial charge on any atom is 0.419 e. The summed E-state index contributed by atoms with van der Waals surface area (Å²) >= 11 is 5.72. The molecule has 2 aromatic rings. The fraction of sp³-hybridized carbons (Fsp3) is 0.0714. The molecular weight excluding hydrogens is 296 g/mol. The van der Waals surface area contributed by atoms with Crippen LogP contribution in [0.2, 0.25) is 5.02 Å². The Morgan fingerprint density at radius 2 is 1.75 bits per heavy atom. The van der Waals surface area contributed by atoms with Gasteiger partial charge in [0.2, 0.25) is 0 Å². The average Bonchev–Trinajstić information content (AvgIpc) is 2.36. The molecule has 2 aromatic carbocycles. The van der Waals surface area contributed by atoms with Gasteiger partial charge in [0.05, 0.1) is 5.56 Å². The summed E-state index contributed by atoms with van der Waals surface area (Å²) in [7, 11) is 0. The maximum atomic E-state index is 13.5. The largest absolute Gasteiger partial charge is 0.419 e. The first kappa shape index (κ1) is 14.5. The summed E-state index contributed by atoms with van der Waals surface area (Å²) in [6.07, 6.45) is -4.24. The fourth-order valence-electron chi connectivity index (χ4n) is 1.81. The minimum atomic E-state index is -4.75. The molecule has 20 heavy (non-hydrogen) atoms. The summed E-state index contributed by atoms with van der Waals surface area (Å²) in [5.74, 6) is -1.39. The third-order valence-electron chi connectivity index (χ3n) is 2.73. The van der Waals surface area contributed by atoms with Gasteiger partial charge < -0.3 is 0 Å². The van der Waals surface area contributed by atoms with Crippen molar-refractivity contribution in [3.8, 4) is 11.1 Å². The molecular formula is C14H7ClF4O. The number of carbonyl (C=O) groups is 1. The second kappa shape index (κ2) is 5.25. The van der Waals surface area contributed by atoms with Crippen LogP contribution in [-0.2, 0) is 6.18 Å². The molecule has 0 aromatic heterocycles. The zero-order chi connectivity index (χ0) is 14.9. The molecule has 0 aliphatic heterocycles. The first-order chi connectivity index (χ1) is 9.32. The van der Waals surface area contributed by atoms with Gasteiger partial charge in [-0.3, -0.25) is 4.79 Å². The van der Waals surface area contributed by atoms with Gasteiger partial charge in [0.25, 0.3) is 0 Å². The Morgan fingerprint density at radius 3 is 2.30 bits per heavy atom. The lowest BCUT2D eigenvalue weighted by atomic mass is 9.99. The van der Waals surface area contributed by atoms with Gasteiger partial charge in [-0.2, -0.15) is 13.2 Å². The van der Waals surface area contributed by atoms with E-state index in [0.29, 0.717) is 22.9 Å². The Balaban J connectivity index is 2.55. The molecule has 0 amide bonds. The number of hydrogen-bond acceptors (Lipinski definition) is 1. The standard InChI is InChI=1S/C14H7ClF4O/c15-10-2-3-11(9(5-10)7-20)8-1-4-12(13(16)6-8)14(17,18)19/h1-7H. The molecule has 0 aliphatic carbocycles. The van der Waals surface area contributed by atoms with Crippen molar-refractivity contribution in [2.45, 2.75) is 6.18 Å². The van der Waals surface area contributed by atoms with Crippen LogP contribution in [-0.4, -0.2) is 6.29 Å². The number of hydrogen-bond donors (Lipinski definition) is 0. The lowest BCUT2D eigenvalue weighted by Crippen LogP contribution is -2.07. The fourth-order valence-corrected chi connectivity index (χ4v) is 1.99. The summed E-state index contributed by atoms with van der Waals surface area (Å²) in [5.41, 5.74) is -0.675. The Kier molecular flexibility index (Phi) is 3.81. The lowest BCUT2D eigenvalue weighted by Gasteiger charge is -2.10. The van der Waals surface area contributed by atoms with Crippen LogP contribution in [0.5, 0.6) is 0 Å². The van der Waals surface area contributed by atoms with Crippen LogP contribution in [0.1, 0.15) is 15.9 Å². The van der Waals surface area contributed by atoms with E-state index in [0.717, 1.165) is 12.1 Å². The van der Waals surface area contributed by atoms with Gasteiger partial charge in [-0.25, -0.2) is 4.39 Å². The van der Waals surface area contributed by atoms with Crippen molar-refractivity contribution in [1.29, 1.82) is 0 Å². The molecule has 0 fully saturated rings. The highest BCUT2D eigenvalue weighted by atomic mass is 35.5. The van der Waals surface area contributed by atoms with E-state index in [1.165, 1.54) is 18.2 Å². The molecule has 2 rings (SSSR count). The number of aldehydes is 1. The first-order valence-electron chi connectivity index (χ1n) is 5.45. The molecule has 0 spiro atoms. The molecule has 0 atom stereocenters. The highest BCUT2D eigenvalue weighted by Gasteiger charge is 2.34. The highest BCUT2D eigenvalue weighted by Crippen LogP contribution is 2.34. The number of carbonyl (C=O) groups excluding carboxylic acids is 1. The molecule has 0 unspecified atom stereocenters. The van der Waals surface area contributed by atoms with Crippen LogP contribution in [0, 0.1) is 5.82 Å². The molecule has 0 saturated carbocycles. The van der Waals surface area contributed by atoms with E-state index >= 15 is 0 Å². The van der Waals surface area contributed by atoms with E-state index in [4.69, 9.17) is 11.6 Å². The van der Waals surface area contributed by atoms with Crippen molar-refractivity contribution < 1.29 is 22.4 Å². The summed E-state index contributed by atoms with van der Waals surface area (Å²) in [6.45, 7) is 0. The van der Waals surface area contributed by atoms with Crippen molar-refractivity contribution >= 4 is 17.9 Å². The van der Waals surface area contributed by atoms with Crippen LogP contribution >= 0.6 is 11.6 Å². The third kappa shape index (κ3) is 2.82. The lowest BCUT2D eigenvalue weighted by molar-refractivity contribution is -0.139. The van der Waals surface area contributed by atoms with E-state index in [2.05, 4.69) is 0 Å². The number of alkyl halides is 3. The van der Waals surface area contributed by atoms with Crippen molar-refractivity contribution in [3.63, 3.8) is 0 Å². The van der Waals surface area contributed by atoms with Gasteiger partial charge in [0.1, 0.15) is 5.82 Å². The molecule has 0 bridgehead atoms. The first-order valence-corrected chi connectivity index (χ1v) is 5.82. The van der Waals surface area contributed by atoms with Gasteiger partial charge in [-0.1, -0.05) is 23.7 Å². The van der Waals surface area contributed by atoms with E-state index in [1.54, 1.807) is 0 Å². The molecule has 0 heterocycles. The predicted octanol–water partition coefficient (Wildman–Crippen LogP) is 4.98. The number of rotatable bonds is 2. The van der Waals surface area contributed by atoms with E-state index in [-0.39, 0.29) is 11.1 Å². The van der Waals surface area contributed by atoms with Gasteiger partial charge in [-0.05, 0) is 35.4 Å². The third-order valence-corrected chi connectivity index (χ3v) is 2.96. The minimum absolute atomic E-state index is 0.175. The molecule has 1 nitrogen and oxygen atoms in total. The second-order valence-corrected chi connectivity index (χ2v) is 4.48. The SMILES string of the molecule is O=Cc1cc(Cl)ccc1-c1ccc(C(F)(F)F)c(F)c1. The molecule has 6 heteroatoms.